The number of carbonyl (C=O) groups excluding carboxylic acids is 15. The van der Waals surface area contributed by atoms with Crippen LogP contribution in [0.4, 0.5) is 0 Å². The normalized spacial score (nSPS) is 26.4. The van der Waals surface area contributed by atoms with Crippen LogP contribution in [0.15, 0.2) is 54.6 Å². The van der Waals surface area contributed by atoms with Crippen molar-refractivity contribution >= 4 is 134 Å². The Hall–Kier alpha value is -11.2. The van der Waals surface area contributed by atoms with Gasteiger partial charge in [0.25, 0.3) is 0 Å². The molecule has 15 amide bonds. The molecule has 5 saturated heterocycles. The Labute approximate surface area is 650 Å². The van der Waals surface area contributed by atoms with Crippen molar-refractivity contribution < 1.29 is 107 Å². The van der Waals surface area contributed by atoms with Crippen LogP contribution in [0, 0.1) is 12.3 Å². The lowest BCUT2D eigenvalue weighted by molar-refractivity contribution is -0.148. The monoisotopic (exact) mass is 1600 g/mol. The second kappa shape index (κ2) is 42.9. The highest BCUT2D eigenvalue weighted by atomic mass is 33.1. The number of guanidine groups is 1. The molecule has 0 spiro atoms. The van der Waals surface area contributed by atoms with E-state index >= 15 is 19.2 Å². The average molecular weight is 1610 g/mol. The molecule has 5 aliphatic heterocycles. The third-order valence-electron chi connectivity index (χ3n) is 19.1. The molecule has 0 saturated carbocycles. The van der Waals surface area contributed by atoms with Gasteiger partial charge in [-0.3, -0.25) is 91.7 Å². The van der Waals surface area contributed by atoms with Gasteiger partial charge < -0.3 is 110 Å². The predicted octanol–water partition coefficient (Wildman–Crippen LogP) is -6.15. The summed E-state index contributed by atoms with van der Waals surface area (Å²) in [5.74, 6) is -22.4. The third-order valence-corrected chi connectivity index (χ3v) is 21.6. The second-order valence-corrected chi connectivity index (χ2v) is 30.1. The number of rotatable bonds is 20. The minimum atomic E-state index is -1.96. The summed E-state index contributed by atoms with van der Waals surface area (Å²) in [7, 11) is 1.48. The number of carboxylic acids is 3. The van der Waals surface area contributed by atoms with Crippen LogP contribution in [-0.2, 0) is 99.1 Å². The summed E-state index contributed by atoms with van der Waals surface area (Å²) in [5, 5.41) is 77.8. The highest BCUT2D eigenvalue weighted by Gasteiger charge is 2.46. The van der Waals surface area contributed by atoms with E-state index in [4.69, 9.17) is 16.9 Å². The molecule has 21 N–H and O–H groups in total. The summed E-state index contributed by atoms with van der Waals surface area (Å²) in [5.41, 5.74) is 12.7. The first-order valence-corrected chi connectivity index (χ1v) is 39.0. The average Bonchev–Trinajstić information content (AvgIpc) is 1.63. The maximum absolute atomic E-state index is 15.3. The zero-order valence-corrected chi connectivity index (χ0v) is 63.0. The van der Waals surface area contributed by atoms with Gasteiger partial charge in [-0.25, -0.2) is 0 Å². The van der Waals surface area contributed by atoms with E-state index in [1.165, 1.54) is 0 Å². The van der Waals surface area contributed by atoms with E-state index in [-0.39, 0.29) is 90.4 Å². The number of aliphatic carboxylic acids is 3. The number of amides is 15. The lowest BCUT2D eigenvalue weighted by Crippen LogP contribution is -2.61. The van der Waals surface area contributed by atoms with Crippen LogP contribution in [0.2, 0.25) is 0 Å². The molecule has 610 valence electrons. The molecule has 7 rings (SSSR count). The van der Waals surface area contributed by atoms with Crippen molar-refractivity contribution in [3.05, 3.63) is 71.3 Å². The largest absolute Gasteiger partial charge is 0.481 e. The quantitative estimate of drug-likeness (QED) is 0.0254. The Bertz CT molecular complexity index is 3840. The molecule has 40 nitrogen and oxygen atoms in total. The molecule has 0 unspecified atom stereocenters. The molecule has 13 atom stereocenters. The number of carbonyl (C=O) groups is 18. The van der Waals surface area contributed by atoms with Crippen LogP contribution >= 0.6 is 21.6 Å². The van der Waals surface area contributed by atoms with Crippen molar-refractivity contribution in [2.75, 3.05) is 50.8 Å². The maximum Gasteiger partial charge on any atom is 0.305 e. The van der Waals surface area contributed by atoms with E-state index in [1.54, 1.807) is 61.5 Å². The fourth-order valence-corrected chi connectivity index (χ4v) is 15.6. The number of carboxylic acid groups (broad SMARTS) is 3. The Morgan fingerprint density at radius 3 is 1.44 bits per heavy atom. The van der Waals surface area contributed by atoms with Crippen molar-refractivity contribution in [2.24, 2.45) is 11.5 Å². The number of benzene rings is 2. The minimum absolute atomic E-state index is 0.00669. The maximum atomic E-state index is 15.3. The van der Waals surface area contributed by atoms with Gasteiger partial charge in [0.1, 0.15) is 78.5 Å². The van der Waals surface area contributed by atoms with Gasteiger partial charge in [0, 0.05) is 69.8 Å². The number of primary amides is 1. The van der Waals surface area contributed by atoms with Crippen LogP contribution in [0.25, 0.3) is 0 Å². The summed E-state index contributed by atoms with van der Waals surface area (Å²) in [6, 6.07) is -7.56. The summed E-state index contributed by atoms with van der Waals surface area (Å²) >= 11 is 0. The predicted molar refractivity (Wildman–Crippen MR) is 397 cm³/mol. The minimum Gasteiger partial charge on any atom is -0.481 e. The third kappa shape index (κ3) is 26.5. The number of nitrogens with zero attached hydrogens (tertiary/aromatic N) is 3. The molecule has 5 heterocycles. The van der Waals surface area contributed by atoms with Crippen LogP contribution in [0.3, 0.4) is 0 Å². The number of aryl methyl sites for hydroxylation is 1. The molecular weight excluding hydrogens is 1510 g/mol. The van der Waals surface area contributed by atoms with Gasteiger partial charge in [-0.05, 0) is 88.7 Å². The lowest BCUT2D eigenvalue weighted by Gasteiger charge is -2.33. The lowest BCUT2D eigenvalue weighted by atomic mass is 10.0. The SMILES string of the molecule is Cc1ccc(C[C@@H]2NC(=O)[C@H](CCC(N)=O)NC(=O)[C@@H]3CSSC[C@H](NC(=O)[C@H](CCC(=O)O)NC(=O)[C@@H]4CCCN4C(=O)[C@@H]4CCCN4C(=O)[C@H](CCC(=O)O)NC(=O)[C@H](CO)NC2=O)C(=O)N[C@@H](Cc2ccccc2)C(=O)N2CCC[C@H]2C(=O)N[C@@H](CC(=O)O)C(=O)NCC(=O)N[C@@H](CCCNC(=N)N)C(=O)N3)cc1. The molecule has 5 fully saturated rings. The highest BCUT2D eigenvalue weighted by Crippen LogP contribution is 2.29. The Kier molecular flexibility index (Phi) is 33.7. The Balaban J connectivity index is 1.38. The van der Waals surface area contributed by atoms with Crippen molar-refractivity contribution in [1.29, 1.82) is 5.41 Å². The van der Waals surface area contributed by atoms with Crippen molar-refractivity contribution in [2.45, 2.75) is 195 Å². The molecule has 2 bridgehead atoms. The summed E-state index contributed by atoms with van der Waals surface area (Å²) < 4.78 is 0. The van der Waals surface area contributed by atoms with Gasteiger partial charge in [0.2, 0.25) is 88.6 Å². The van der Waals surface area contributed by atoms with E-state index < -0.39 is 261 Å². The number of nitrogens with two attached hydrogens (primary N) is 2. The number of nitrogens with one attached hydrogen (secondary N) is 13. The molecule has 5 aliphatic rings. The van der Waals surface area contributed by atoms with Gasteiger partial charge in [0.05, 0.1) is 19.6 Å². The Morgan fingerprint density at radius 1 is 0.464 bits per heavy atom. The number of hydrogen-bond donors (Lipinski definition) is 19. The highest BCUT2D eigenvalue weighted by molar-refractivity contribution is 8.76. The molecule has 2 aromatic rings. The molecule has 0 aliphatic carbocycles. The summed E-state index contributed by atoms with van der Waals surface area (Å²) in [6.07, 6.45) is -5.70. The van der Waals surface area contributed by atoms with Gasteiger partial charge in [-0.1, -0.05) is 81.7 Å². The molecule has 42 heteroatoms. The fourth-order valence-electron chi connectivity index (χ4n) is 13.3. The number of aliphatic hydroxyl groups is 1. The molecule has 2 aromatic carbocycles. The molecule has 0 radical (unpaired) electrons. The van der Waals surface area contributed by atoms with E-state index in [2.05, 4.69) is 63.8 Å². The molecule has 112 heavy (non-hydrogen) atoms. The van der Waals surface area contributed by atoms with Crippen molar-refractivity contribution in [1.82, 2.24) is 78.5 Å². The first kappa shape index (κ1) is 88.0. The Morgan fingerprint density at radius 2 is 0.893 bits per heavy atom. The number of hydrogen-bond acceptors (Lipinski definition) is 22. The van der Waals surface area contributed by atoms with Gasteiger partial charge >= 0.3 is 17.9 Å². The fraction of sp³-hybridized carbons (Fsp3) is 0.557. The summed E-state index contributed by atoms with van der Waals surface area (Å²) in [6.45, 7) is -0.824. The van der Waals surface area contributed by atoms with Crippen molar-refractivity contribution in [3.8, 4) is 0 Å². The second-order valence-electron chi connectivity index (χ2n) is 27.5. The smallest absolute Gasteiger partial charge is 0.305 e. The standard InChI is InChI=1S/C70H96N18O22S2/c1-36-15-17-38(18-16-36)29-43-61(102)83-46(33-89)62(103)79-42(21-24-55(94)95)67(108)88-28-8-14-51(88)69(110)87-27-7-13-50(87)65(106)78-41(20-23-54(92)93)60(101)85-48-35-112-111-34-47(63(104)77-40(59(100)80-43)19-22-52(71)90)84-58(99)39(11-5-25-74-70(72)73)76-53(91)32-75-57(98)44(31-56(96)97)81-66(107)49-12-6-26-86(49)68(109)45(82-64(48)105)30-37-9-3-2-4-10-37/h2-4,9-10,15-18,39-51,89H,5-8,11-14,19-35H2,1H3,(H2,71,90)(H,75,98)(H,76,91)(H,77,104)(H,78,106)(H,79,103)(H,80,100)(H,81,107)(H,82,105)(H,83,102)(H,84,99)(H,85,101)(H,92,93)(H,94,95)(H,96,97)(H4,72,73,74)/t39-,40-,41-,42-,43-,44-,45-,46-,47-,48-,49-,50-,51-/m0/s1. The first-order valence-electron chi connectivity index (χ1n) is 36.5. The molecular formula is C70H96N18O22S2. The van der Waals surface area contributed by atoms with Gasteiger partial charge in [0.15, 0.2) is 5.96 Å². The number of fused-ring (bicyclic) bond motifs is 8. The van der Waals surface area contributed by atoms with E-state index in [1.807, 2.05) is 0 Å². The van der Waals surface area contributed by atoms with E-state index in [9.17, 15) is 87.5 Å². The van der Waals surface area contributed by atoms with Gasteiger partial charge in [-0.2, -0.15) is 0 Å². The number of aliphatic hydroxyl groups excluding tert-OH is 1. The zero-order valence-electron chi connectivity index (χ0n) is 61.3. The van der Waals surface area contributed by atoms with E-state index in [0.29, 0.717) is 11.1 Å². The van der Waals surface area contributed by atoms with Crippen molar-refractivity contribution in [3.63, 3.8) is 0 Å². The summed E-state index contributed by atoms with van der Waals surface area (Å²) in [4.78, 5) is 259. The van der Waals surface area contributed by atoms with Crippen LogP contribution < -0.4 is 75.3 Å². The topological polar surface area (TPSA) is 618 Å². The molecule has 0 aromatic heterocycles. The van der Waals surface area contributed by atoms with Crippen LogP contribution in [0.1, 0.15) is 113 Å². The zero-order chi connectivity index (χ0) is 81.9. The van der Waals surface area contributed by atoms with Crippen LogP contribution in [-0.4, -0.2) is 277 Å². The van der Waals surface area contributed by atoms with Gasteiger partial charge in [-0.15, -0.1) is 0 Å². The van der Waals surface area contributed by atoms with E-state index in [0.717, 1.165) is 41.9 Å². The first-order chi connectivity index (χ1) is 53.3. The van der Waals surface area contributed by atoms with Crippen LogP contribution in [0.5, 0.6) is 0 Å².